The first-order valence-corrected chi connectivity index (χ1v) is 11.9. The highest BCUT2D eigenvalue weighted by Crippen LogP contribution is 2.31. The van der Waals surface area contributed by atoms with Crippen molar-refractivity contribution in [1.29, 1.82) is 0 Å². The molecule has 2 saturated heterocycles. The summed E-state index contributed by atoms with van der Waals surface area (Å²) in [6.07, 6.45) is 4.07. The summed E-state index contributed by atoms with van der Waals surface area (Å²) in [6.45, 7) is 9.71. The van der Waals surface area contributed by atoms with E-state index in [0.717, 1.165) is 69.4 Å². The van der Waals surface area contributed by atoms with Crippen LogP contribution in [-0.4, -0.2) is 75.3 Å². The lowest BCUT2D eigenvalue weighted by molar-refractivity contribution is -0.108. The van der Waals surface area contributed by atoms with Gasteiger partial charge in [-0.1, -0.05) is 26.0 Å². The van der Waals surface area contributed by atoms with E-state index < -0.39 is 0 Å². The Balaban J connectivity index is 1.26. The molecule has 0 spiro atoms. The molecule has 9 heteroatoms. The fraction of sp³-hybridized carbons (Fsp3) is 0.583. The summed E-state index contributed by atoms with van der Waals surface area (Å²) in [7, 11) is 0. The van der Waals surface area contributed by atoms with Gasteiger partial charge in [-0.15, -0.1) is 0 Å². The number of piperidine rings is 1. The number of hydrogen-bond acceptors (Lipinski definition) is 7. The minimum atomic E-state index is -0.342. The highest BCUT2D eigenvalue weighted by molar-refractivity contribution is 5.84. The average Bonchev–Trinajstić information content (AvgIpc) is 3.53. The molecular weight excluding hydrogens is 423 g/mol. The topological polar surface area (TPSA) is 80.3 Å². The van der Waals surface area contributed by atoms with Gasteiger partial charge in [-0.25, -0.2) is 4.39 Å². The first-order valence-electron chi connectivity index (χ1n) is 11.9. The molecule has 33 heavy (non-hydrogen) atoms. The van der Waals surface area contributed by atoms with Crippen LogP contribution in [0.3, 0.4) is 0 Å². The molecule has 0 N–H and O–H groups in total. The Hall–Kier alpha value is -2.65. The number of fused-ring (bicyclic) bond motifs is 1. The summed E-state index contributed by atoms with van der Waals surface area (Å²) < 4.78 is 21.8. The molecule has 0 amide bonds. The van der Waals surface area contributed by atoms with Gasteiger partial charge in [0.15, 0.2) is 0 Å². The molecule has 3 aromatic rings. The highest BCUT2D eigenvalue weighted by atomic mass is 19.1. The molecule has 0 radical (unpaired) electrons. The second kappa shape index (κ2) is 9.30. The van der Waals surface area contributed by atoms with Gasteiger partial charge in [0.2, 0.25) is 5.89 Å². The Morgan fingerprint density at radius 2 is 1.97 bits per heavy atom. The van der Waals surface area contributed by atoms with Crippen molar-refractivity contribution in [2.24, 2.45) is 5.92 Å². The Labute approximate surface area is 192 Å². The maximum atomic E-state index is 14.7. The van der Waals surface area contributed by atoms with Crippen molar-refractivity contribution < 1.29 is 13.7 Å². The summed E-state index contributed by atoms with van der Waals surface area (Å²) in [4.78, 5) is 20.1. The first kappa shape index (κ1) is 22.2. The van der Waals surface area contributed by atoms with Crippen LogP contribution in [0.25, 0.3) is 16.9 Å². The molecule has 8 nitrogen and oxygen atoms in total. The van der Waals surface area contributed by atoms with Crippen molar-refractivity contribution in [2.75, 3.05) is 39.3 Å². The third-order valence-corrected chi connectivity index (χ3v) is 7.01. The summed E-state index contributed by atoms with van der Waals surface area (Å²) in [6, 6.07) is 5.02. The fourth-order valence-electron chi connectivity index (χ4n) is 5.26. The molecule has 5 rings (SSSR count). The van der Waals surface area contributed by atoms with Crippen molar-refractivity contribution >= 4 is 17.2 Å². The molecule has 1 aromatic carbocycles. The maximum absolute atomic E-state index is 14.7. The zero-order valence-corrected chi connectivity index (χ0v) is 19.3. The smallest absolute Gasteiger partial charge is 0.291 e. The SMILES string of the molecule is CC(C)c1nn(-c2noc(C3CCN(C[C@H]4CCN(CC=O)C4)CC3)n2)c2c(F)cccc12. The number of nitrogens with zero attached hydrogens (tertiary/aromatic N) is 6. The molecule has 4 heterocycles. The van der Waals surface area contributed by atoms with Crippen molar-refractivity contribution in [1.82, 2.24) is 29.7 Å². The quantitative estimate of drug-likeness (QED) is 0.507. The molecule has 0 unspecified atom stereocenters. The molecule has 176 valence electrons. The van der Waals surface area contributed by atoms with Crippen LogP contribution in [0.2, 0.25) is 0 Å². The maximum Gasteiger partial charge on any atom is 0.291 e. The van der Waals surface area contributed by atoms with E-state index in [-0.39, 0.29) is 23.6 Å². The Bertz CT molecular complexity index is 1120. The number of hydrogen-bond donors (Lipinski definition) is 0. The predicted molar refractivity (Wildman–Crippen MR) is 122 cm³/mol. The van der Waals surface area contributed by atoms with E-state index in [1.165, 1.54) is 10.7 Å². The normalized spacial score (nSPS) is 20.9. The van der Waals surface area contributed by atoms with Crippen molar-refractivity contribution in [3.05, 3.63) is 35.6 Å². The molecule has 0 bridgehead atoms. The zero-order valence-electron chi connectivity index (χ0n) is 19.3. The van der Waals surface area contributed by atoms with Gasteiger partial charge in [0, 0.05) is 24.4 Å². The molecule has 2 fully saturated rings. The lowest BCUT2D eigenvalue weighted by Gasteiger charge is -2.32. The van der Waals surface area contributed by atoms with Gasteiger partial charge in [-0.05, 0) is 62.0 Å². The van der Waals surface area contributed by atoms with E-state index in [2.05, 4.69) is 25.0 Å². The number of para-hydroxylation sites is 1. The van der Waals surface area contributed by atoms with Crippen molar-refractivity contribution in [3.63, 3.8) is 0 Å². The predicted octanol–water partition coefficient (Wildman–Crippen LogP) is 3.37. The van der Waals surface area contributed by atoms with Gasteiger partial charge in [0.25, 0.3) is 5.95 Å². The van der Waals surface area contributed by atoms with Crippen LogP contribution >= 0.6 is 0 Å². The second-order valence-electron chi connectivity index (χ2n) is 9.68. The largest absolute Gasteiger partial charge is 0.337 e. The minimum Gasteiger partial charge on any atom is -0.337 e. The van der Waals surface area contributed by atoms with E-state index in [1.54, 1.807) is 6.07 Å². The third-order valence-electron chi connectivity index (χ3n) is 7.01. The first-order chi connectivity index (χ1) is 16.0. The molecular formula is C24H31FN6O2. The molecule has 1 atom stereocenters. The summed E-state index contributed by atoms with van der Waals surface area (Å²) >= 11 is 0. The molecule has 2 aliphatic rings. The number of carbonyl (C=O) groups excluding carboxylic acids is 1. The molecule has 0 saturated carbocycles. The molecule has 0 aliphatic carbocycles. The number of halogens is 1. The Morgan fingerprint density at radius 3 is 2.73 bits per heavy atom. The Morgan fingerprint density at radius 1 is 1.18 bits per heavy atom. The summed E-state index contributed by atoms with van der Waals surface area (Å²) in [5.74, 6) is 1.54. The summed E-state index contributed by atoms with van der Waals surface area (Å²) in [5.41, 5.74) is 1.21. The number of aldehydes is 1. The standard InChI is InChI=1S/C24H31FN6O2/c1-16(2)21-19-4-3-5-20(25)22(19)31(27-21)24-26-23(33-28-24)18-7-10-29(11-8-18)14-17-6-9-30(15-17)12-13-32/h3-5,13,16-18H,6-12,14-15H2,1-2H3/t17-/m1/s1. The number of benzene rings is 1. The van der Waals surface area contributed by atoms with Gasteiger partial charge in [0.05, 0.1) is 12.2 Å². The Kier molecular flexibility index (Phi) is 6.25. The van der Waals surface area contributed by atoms with Crippen LogP contribution in [0.15, 0.2) is 22.7 Å². The second-order valence-corrected chi connectivity index (χ2v) is 9.68. The number of likely N-dealkylation sites (tertiary alicyclic amines) is 2. The highest BCUT2D eigenvalue weighted by Gasteiger charge is 2.29. The molecule has 2 aliphatic heterocycles. The zero-order chi connectivity index (χ0) is 22.9. The number of aromatic nitrogens is 4. The van der Waals surface area contributed by atoms with E-state index in [9.17, 15) is 9.18 Å². The van der Waals surface area contributed by atoms with E-state index in [1.807, 2.05) is 19.9 Å². The molecule has 2 aromatic heterocycles. The van der Waals surface area contributed by atoms with Crippen LogP contribution in [-0.2, 0) is 4.79 Å². The van der Waals surface area contributed by atoms with Crippen LogP contribution in [0.4, 0.5) is 4.39 Å². The van der Waals surface area contributed by atoms with E-state index in [0.29, 0.717) is 23.9 Å². The third kappa shape index (κ3) is 4.44. The lowest BCUT2D eigenvalue weighted by Crippen LogP contribution is -2.37. The van der Waals surface area contributed by atoms with E-state index >= 15 is 0 Å². The van der Waals surface area contributed by atoms with Gasteiger partial charge in [0.1, 0.15) is 17.6 Å². The average molecular weight is 455 g/mol. The van der Waals surface area contributed by atoms with Crippen LogP contribution in [0.1, 0.15) is 56.5 Å². The van der Waals surface area contributed by atoms with Gasteiger partial charge in [-0.3, -0.25) is 4.90 Å². The number of rotatable bonds is 7. The van der Waals surface area contributed by atoms with Gasteiger partial charge in [-0.2, -0.15) is 14.8 Å². The van der Waals surface area contributed by atoms with Crippen LogP contribution in [0.5, 0.6) is 0 Å². The number of carbonyl (C=O) groups is 1. The summed E-state index contributed by atoms with van der Waals surface area (Å²) in [5, 5.41) is 9.56. The minimum absolute atomic E-state index is 0.150. The van der Waals surface area contributed by atoms with Crippen molar-refractivity contribution in [2.45, 2.75) is 44.9 Å². The van der Waals surface area contributed by atoms with Crippen molar-refractivity contribution in [3.8, 4) is 5.95 Å². The lowest BCUT2D eigenvalue weighted by atomic mass is 9.95. The van der Waals surface area contributed by atoms with Gasteiger partial charge >= 0.3 is 0 Å². The van der Waals surface area contributed by atoms with E-state index in [4.69, 9.17) is 4.52 Å². The van der Waals surface area contributed by atoms with Gasteiger partial charge < -0.3 is 14.2 Å². The van der Waals surface area contributed by atoms with Crippen LogP contribution < -0.4 is 0 Å². The fourth-order valence-corrected chi connectivity index (χ4v) is 5.26. The van der Waals surface area contributed by atoms with Crippen LogP contribution in [0, 0.1) is 11.7 Å². The monoisotopic (exact) mass is 454 g/mol.